The van der Waals surface area contributed by atoms with Crippen LogP contribution in [0.25, 0.3) is 0 Å². The zero-order valence-corrected chi connectivity index (χ0v) is 37.3. The Balaban J connectivity index is 4.41. The fraction of sp³-hybridized carbons (Fsp3) is 0.745. The van der Waals surface area contributed by atoms with Gasteiger partial charge < -0.3 is 14.2 Å². The molecule has 0 saturated carbocycles. The third-order valence-corrected chi connectivity index (χ3v) is 10.2. The van der Waals surface area contributed by atoms with Crippen LogP contribution in [-0.4, -0.2) is 37.2 Å². The molecule has 1 unspecified atom stereocenters. The molecule has 0 aromatic heterocycles. The Morgan fingerprint density at radius 1 is 0.368 bits per heavy atom. The highest BCUT2D eigenvalue weighted by atomic mass is 16.6. The Morgan fingerprint density at radius 3 is 1.07 bits per heavy atom. The van der Waals surface area contributed by atoms with Crippen molar-refractivity contribution < 1.29 is 28.6 Å². The highest BCUT2D eigenvalue weighted by molar-refractivity contribution is 5.71. The smallest absolute Gasteiger partial charge is 0.306 e. The molecule has 0 aromatic carbocycles. The molecule has 328 valence electrons. The molecule has 0 radical (unpaired) electrons. The molecule has 0 amide bonds. The van der Waals surface area contributed by atoms with Gasteiger partial charge in [-0.25, -0.2) is 0 Å². The first kappa shape index (κ1) is 54.1. The van der Waals surface area contributed by atoms with Crippen LogP contribution in [0.2, 0.25) is 0 Å². The van der Waals surface area contributed by atoms with Gasteiger partial charge in [-0.3, -0.25) is 14.4 Å². The summed E-state index contributed by atoms with van der Waals surface area (Å²) in [5, 5.41) is 0. The summed E-state index contributed by atoms with van der Waals surface area (Å²) in [5.41, 5.74) is 0. The molecule has 0 heterocycles. The van der Waals surface area contributed by atoms with E-state index in [0.717, 1.165) is 70.6 Å². The first-order valence-electron chi connectivity index (χ1n) is 23.9. The number of ether oxygens (including phenoxy) is 3. The summed E-state index contributed by atoms with van der Waals surface area (Å²) >= 11 is 0. The topological polar surface area (TPSA) is 78.9 Å². The summed E-state index contributed by atoms with van der Waals surface area (Å²) in [6, 6.07) is 0. The predicted molar refractivity (Wildman–Crippen MR) is 242 cm³/mol. The molecule has 0 aliphatic rings. The molecule has 1 atom stereocenters. The summed E-state index contributed by atoms with van der Waals surface area (Å²) in [4.78, 5) is 37.8. The normalized spacial score (nSPS) is 12.5. The van der Waals surface area contributed by atoms with Gasteiger partial charge >= 0.3 is 17.9 Å². The monoisotopic (exact) mass is 797 g/mol. The molecule has 57 heavy (non-hydrogen) atoms. The van der Waals surface area contributed by atoms with Crippen LogP contribution in [0.3, 0.4) is 0 Å². The fourth-order valence-corrected chi connectivity index (χ4v) is 6.58. The molecular formula is C51H88O6. The van der Waals surface area contributed by atoms with E-state index in [-0.39, 0.29) is 31.1 Å². The second-order valence-electron chi connectivity index (χ2n) is 15.8. The van der Waals surface area contributed by atoms with Crippen molar-refractivity contribution in [3.05, 3.63) is 60.8 Å². The van der Waals surface area contributed by atoms with E-state index in [0.29, 0.717) is 19.3 Å². The Morgan fingerprint density at radius 2 is 0.684 bits per heavy atom. The molecule has 6 nitrogen and oxygen atoms in total. The molecule has 0 aliphatic carbocycles. The summed E-state index contributed by atoms with van der Waals surface area (Å²) in [6.45, 7) is 6.44. The van der Waals surface area contributed by atoms with Crippen molar-refractivity contribution in [2.45, 2.75) is 232 Å². The number of carbonyl (C=O) groups is 3. The lowest BCUT2D eigenvalue weighted by Gasteiger charge is -2.18. The van der Waals surface area contributed by atoms with Crippen molar-refractivity contribution in [3.8, 4) is 0 Å². The molecule has 0 aromatic rings. The van der Waals surface area contributed by atoms with Gasteiger partial charge in [0, 0.05) is 19.3 Å². The molecular weight excluding hydrogens is 709 g/mol. The van der Waals surface area contributed by atoms with Gasteiger partial charge in [0.05, 0.1) is 0 Å². The second-order valence-corrected chi connectivity index (χ2v) is 15.8. The van der Waals surface area contributed by atoms with Crippen LogP contribution in [0.4, 0.5) is 0 Å². The highest BCUT2D eigenvalue weighted by Crippen LogP contribution is 2.15. The quantitative estimate of drug-likeness (QED) is 0.0265. The number of carbonyl (C=O) groups excluding carboxylic acids is 3. The van der Waals surface area contributed by atoms with Crippen LogP contribution < -0.4 is 0 Å². The lowest BCUT2D eigenvalue weighted by atomic mass is 10.0. The molecule has 0 N–H and O–H groups in total. The van der Waals surface area contributed by atoms with Gasteiger partial charge in [-0.2, -0.15) is 0 Å². The number of esters is 3. The van der Waals surface area contributed by atoms with Crippen LogP contribution >= 0.6 is 0 Å². The van der Waals surface area contributed by atoms with E-state index in [1.54, 1.807) is 0 Å². The maximum atomic E-state index is 12.7. The van der Waals surface area contributed by atoms with E-state index >= 15 is 0 Å². The van der Waals surface area contributed by atoms with E-state index in [1.165, 1.54) is 116 Å². The maximum Gasteiger partial charge on any atom is 0.306 e. The summed E-state index contributed by atoms with van der Waals surface area (Å²) < 4.78 is 16.7. The Hall–Kier alpha value is -2.89. The van der Waals surface area contributed by atoms with E-state index in [4.69, 9.17) is 14.2 Å². The van der Waals surface area contributed by atoms with Crippen molar-refractivity contribution in [1.82, 2.24) is 0 Å². The summed E-state index contributed by atoms with van der Waals surface area (Å²) in [7, 11) is 0. The molecule has 0 rings (SSSR count). The van der Waals surface area contributed by atoms with Gasteiger partial charge in [-0.1, -0.05) is 229 Å². The van der Waals surface area contributed by atoms with E-state index in [1.807, 2.05) is 48.6 Å². The Bertz CT molecular complexity index is 1050. The lowest BCUT2D eigenvalue weighted by Crippen LogP contribution is -2.30. The minimum Gasteiger partial charge on any atom is -0.462 e. The average Bonchev–Trinajstić information content (AvgIpc) is 3.21. The van der Waals surface area contributed by atoms with E-state index < -0.39 is 6.10 Å². The number of unbranched alkanes of at least 4 members (excludes halogenated alkanes) is 25. The first-order chi connectivity index (χ1) is 28.0. The number of allylic oxidation sites excluding steroid dienone is 10. The lowest BCUT2D eigenvalue weighted by molar-refractivity contribution is -0.167. The summed E-state index contributed by atoms with van der Waals surface area (Å²) in [5.74, 6) is -0.929. The fourth-order valence-electron chi connectivity index (χ4n) is 6.58. The van der Waals surface area contributed by atoms with E-state index in [9.17, 15) is 14.4 Å². The number of hydrogen-bond donors (Lipinski definition) is 0. The van der Waals surface area contributed by atoms with Crippen LogP contribution in [0.15, 0.2) is 60.8 Å². The van der Waals surface area contributed by atoms with Crippen molar-refractivity contribution in [2.24, 2.45) is 0 Å². The Labute approximate surface area is 351 Å². The molecule has 0 bridgehead atoms. The van der Waals surface area contributed by atoms with Gasteiger partial charge in [-0.05, 0) is 38.5 Å². The largest absolute Gasteiger partial charge is 0.462 e. The second kappa shape index (κ2) is 45.8. The Kier molecular flexibility index (Phi) is 43.5. The van der Waals surface area contributed by atoms with Crippen molar-refractivity contribution >= 4 is 17.9 Å². The SMILES string of the molecule is CC\C=C/C=C\C=C/C=C\C=C/CCCCCC(=O)OCC(COC(=O)CCCCCCCCCCC)OC(=O)CCCCCCCCCCCCCCCCC. The molecule has 0 fully saturated rings. The van der Waals surface area contributed by atoms with Crippen LogP contribution in [0.5, 0.6) is 0 Å². The zero-order valence-electron chi connectivity index (χ0n) is 37.3. The third kappa shape index (κ3) is 44.1. The maximum absolute atomic E-state index is 12.7. The predicted octanol–water partition coefficient (Wildman–Crippen LogP) is 15.3. The standard InChI is InChI=1S/C51H88O6/c1-4-7-10-13-16-19-21-23-25-27-29-32-35-38-41-44-50(53)56-47-48(46-55-49(52)43-40-37-34-31-18-15-12-9-6-3)57-51(54)45-42-39-36-33-30-28-26-24-22-20-17-14-11-8-5-2/h7,10,13,16,19,21,23,25,27,29,48H,4-6,8-9,11-12,14-15,17-18,20,22,24,26,28,30-47H2,1-3H3/b10-7-,16-13-,21-19-,25-23-,29-27-. The van der Waals surface area contributed by atoms with Crippen molar-refractivity contribution in [3.63, 3.8) is 0 Å². The molecule has 6 heteroatoms. The summed E-state index contributed by atoms with van der Waals surface area (Å²) in [6.07, 6.45) is 54.9. The number of rotatable bonds is 42. The minimum absolute atomic E-state index is 0.0856. The van der Waals surface area contributed by atoms with Crippen LogP contribution in [0, 0.1) is 0 Å². The first-order valence-corrected chi connectivity index (χ1v) is 23.9. The van der Waals surface area contributed by atoms with Gasteiger partial charge in [-0.15, -0.1) is 0 Å². The average molecular weight is 797 g/mol. The van der Waals surface area contributed by atoms with Gasteiger partial charge in [0.2, 0.25) is 0 Å². The van der Waals surface area contributed by atoms with Gasteiger partial charge in [0.1, 0.15) is 13.2 Å². The molecule has 0 saturated heterocycles. The van der Waals surface area contributed by atoms with Gasteiger partial charge in [0.15, 0.2) is 6.10 Å². The van der Waals surface area contributed by atoms with Crippen molar-refractivity contribution in [2.75, 3.05) is 13.2 Å². The van der Waals surface area contributed by atoms with Crippen LogP contribution in [0.1, 0.15) is 226 Å². The highest BCUT2D eigenvalue weighted by Gasteiger charge is 2.19. The minimum atomic E-state index is -0.785. The van der Waals surface area contributed by atoms with Crippen molar-refractivity contribution in [1.29, 1.82) is 0 Å². The molecule has 0 aliphatic heterocycles. The molecule has 0 spiro atoms. The van der Waals surface area contributed by atoms with Crippen LogP contribution in [-0.2, 0) is 28.6 Å². The number of hydrogen-bond acceptors (Lipinski definition) is 6. The third-order valence-electron chi connectivity index (χ3n) is 10.2. The van der Waals surface area contributed by atoms with E-state index in [2.05, 4.69) is 32.9 Å². The zero-order chi connectivity index (χ0) is 41.5. The van der Waals surface area contributed by atoms with Gasteiger partial charge in [0.25, 0.3) is 0 Å².